The number of hydrogen-bond donors (Lipinski definition) is 2. The fraction of sp³-hybridized carbons (Fsp3) is 0.562. The van der Waals surface area contributed by atoms with E-state index in [0.717, 1.165) is 12.8 Å². The molecule has 0 unspecified atom stereocenters. The molecule has 2 N–H and O–H groups in total. The number of rotatable bonds is 6. The van der Waals surface area contributed by atoms with E-state index in [1.807, 2.05) is 0 Å². The van der Waals surface area contributed by atoms with Gasteiger partial charge in [-0.15, -0.1) is 0 Å². The van der Waals surface area contributed by atoms with E-state index in [9.17, 15) is 4.79 Å². The molecule has 5 heteroatoms. The van der Waals surface area contributed by atoms with Gasteiger partial charge in [-0.05, 0) is 25.0 Å². The highest BCUT2D eigenvalue weighted by Gasteiger charge is 2.15. The fourth-order valence-electron chi connectivity index (χ4n) is 2.65. The molecule has 0 aromatic heterocycles. The van der Waals surface area contributed by atoms with Crippen molar-refractivity contribution in [3.8, 4) is 11.5 Å². The minimum absolute atomic E-state index is 0.0628. The van der Waals surface area contributed by atoms with Gasteiger partial charge in [0.15, 0.2) is 0 Å². The summed E-state index contributed by atoms with van der Waals surface area (Å²) in [4.78, 5) is 12.1. The van der Waals surface area contributed by atoms with Crippen LogP contribution in [0.15, 0.2) is 18.2 Å². The maximum Gasteiger partial charge on any atom is 0.238 e. The molecular formula is C16H24N2O3. The minimum Gasteiger partial charge on any atom is -0.497 e. The predicted octanol–water partition coefficient (Wildman–Crippen LogP) is 2.56. The van der Waals surface area contributed by atoms with E-state index in [0.29, 0.717) is 29.8 Å². The van der Waals surface area contributed by atoms with Crippen LogP contribution in [0.1, 0.15) is 32.1 Å². The quantitative estimate of drug-likeness (QED) is 0.846. The lowest BCUT2D eigenvalue weighted by molar-refractivity contribution is -0.115. The SMILES string of the molecule is COc1ccc(OC)c(NC(=O)CNC2CCCCC2)c1. The second-order valence-corrected chi connectivity index (χ2v) is 5.33. The van der Waals surface area contributed by atoms with Crippen LogP contribution in [0.5, 0.6) is 11.5 Å². The summed E-state index contributed by atoms with van der Waals surface area (Å²) >= 11 is 0. The molecule has 21 heavy (non-hydrogen) atoms. The summed E-state index contributed by atoms with van der Waals surface area (Å²) in [6.07, 6.45) is 6.14. The Hall–Kier alpha value is -1.75. The third kappa shape index (κ3) is 4.63. The van der Waals surface area contributed by atoms with Gasteiger partial charge in [0.05, 0.1) is 26.5 Å². The molecule has 0 radical (unpaired) electrons. The Morgan fingerprint density at radius 1 is 1.19 bits per heavy atom. The molecule has 5 nitrogen and oxygen atoms in total. The first-order valence-electron chi connectivity index (χ1n) is 7.48. The smallest absolute Gasteiger partial charge is 0.238 e. The lowest BCUT2D eigenvalue weighted by atomic mass is 9.95. The summed E-state index contributed by atoms with van der Waals surface area (Å²) in [6, 6.07) is 5.81. The van der Waals surface area contributed by atoms with E-state index in [4.69, 9.17) is 9.47 Å². The van der Waals surface area contributed by atoms with Gasteiger partial charge in [0.25, 0.3) is 0 Å². The highest BCUT2D eigenvalue weighted by Crippen LogP contribution is 2.28. The first kappa shape index (κ1) is 15.6. The average Bonchev–Trinajstić information content (AvgIpc) is 2.54. The van der Waals surface area contributed by atoms with Crippen molar-refractivity contribution < 1.29 is 14.3 Å². The van der Waals surface area contributed by atoms with E-state index in [-0.39, 0.29) is 5.91 Å². The number of methoxy groups -OCH3 is 2. The Kier molecular flexibility index (Phi) is 5.87. The Balaban J connectivity index is 1.89. The fourth-order valence-corrected chi connectivity index (χ4v) is 2.65. The van der Waals surface area contributed by atoms with Crippen LogP contribution in [0.25, 0.3) is 0 Å². The molecule has 0 heterocycles. The van der Waals surface area contributed by atoms with Gasteiger partial charge in [-0.2, -0.15) is 0 Å². The maximum absolute atomic E-state index is 12.1. The van der Waals surface area contributed by atoms with Crippen molar-refractivity contribution in [2.24, 2.45) is 0 Å². The van der Waals surface area contributed by atoms with Crippen molar-refractivity contribution in [3.63, 3.8) is 0 Å². The number of nitrogens with one attached hydrogen (secondary N) is 2. The Morgan fingerprint density at radius 2 is 1.95 bits per heavy atom. The average molecular weight is 292 g/mol. The van der Waals surface area contributed by atoms with Gasteiger partial charge in [0.2, 0.25) is 5.91 Å². The number of hydrogen-bond acceptors (Lipinski definition) is 4. The van der Waals surface area contributed by atoms with Crippen molar-refractivity contribution >= 4 is 11.6 Å². The van der Waals surface area contributed by atoms with Crippen LogP contribution in [-0.4, -0.2) is 32.7 Å². The lowest BCUT2D eigenvalue weighted by Crippen LogP contribution is -2.37. The van der Waals surface area contributed by atoms with Crippen LogP contribution in [0, 0.1) is 0 Å². The number of benzene rings is 1. The second-order valence-electron chi connectivity index (χ2n) is 5.33. The van der Waals surface area contributed by atoms with Crippen LogP contribution in [0.2, 0.25) is 0 Å². The predicted molar refractivity (Wildman–Crippen MR) is 83.1 cm³/mol. The van der Waals surface area contributed by atoms with Crippen molar-refractivity contribution in [1.29, 1.82) is 0 Å². The molecule has 1 saturated carbocycles. The van der Waals surface area contributed by atoms with Gasteiger partial charge in [0.1, 0.15) is 11.5 Å². The van der Waals surface area contributed by atoms with Crippen LogP contribution in [0.3, 0.4) is 0 Å². The second kappa shape index (κ2) is 7.88. The number of carbonyl (C=O) groups excluding carboxylic acids is 1. The van der Waals surface area contributed by atoms with Crippen LogP contribution in [0.4, 0.5) is 5.69 Å². The van der Waals surface area contributed by atoms with Crippen LogP contribution < -0.4 is 20.1 Å². The van der Waals surface area contributed by atoms with E-state index in [1.54, 1.807) is 32.4 Å². The first-order valence-corrected chi connectivity index (χ1v) is 7.48. The molecule has 2 rings (SSSR count). The molecule has 1 aliphatic carbocycles. The minimum atomic E-state index is -0.0628. The zero-order valence-corrected chi connectivity index (χ0v) is 12.8. The molecule has 1 amide bonds. The molecule has 1 fully saturated rings. The van der Waals surface area contributed by atoms with Gasteiger partial charge < -0.3 is 20.1 Å². The zero-order chi connectivity index (χ0) is 15.1. The largest absolute Gasteiger partial charge is 0.497 e. The number of amides is 1. The Labute approximate surface area is 126 Å². The number of ether oxygens (including phenoxy) is 2. The maximum atomic E-state index is 12.1. The van der Waals surface area contributed by atoms with Crippen molar-refractivity contribution in [2.45, 2.75) is 38.1 Å². The summed E-state index contributed by atoms with van der Waals surface area (Å²) in [5, 5.41) is 6.19. The van der Waals surface area contributed by atoms with E-state index < -0.39 is 0 Å². The molecule has 0 saturated heterocycles. The summed E-state index contributed by atoms with van der Waals surface area (Å²) in [6.45, 7) is 0.324. The molecule has 1 aliphatic rings. The summed E-state index contributed by atoms with van der Waals surface area (Å²) in [7, 11) is 3.18. The third-order valence-corrected chi connectivity index (χ3v) is 3.84. The number of carbonyl (C=O) groups is 1. The topological polar surface area (TPSA) is 59.6 Å². The lowest BCUT2D eigenvalue weighted by Gasteiger charge is -2.22. The van der Waals surface area contributed by atoms with Crippen molar-refractivity contribution in [1.82, 2.24) is 5.32 Å². The van der Waals surface area contributed by atoms with Crippen LogP contribution >= 0.6 is 0 Å². The molecule has 116 valence electrons. The molecule has 0 spiro atoms. The van der Waals surface area contributed by atoms with Gasteiger partial charge in [0, 0.05) is 12.1 Å². The van der Waals surface area contributed by atoms with Gasteiger partial charge >= 0.3 is 0 Å². The van der Waals surface area contributed by atoms with E-state index in [1.165, 1.54) is 19.3 Å². The van der Waals surface area contributed by atoms with Crippen LogP contribution in [-0.2, 0) is 4.79 Å². The highest BCUT2D eigenvalue weighted by molar-refractivity contribution is 5.94. The van der Waals surface area contributed by atoms with Gasteiger partial charge in [-0.1, -0.05) is 19.3 Å². The monoisotopic (exact) mass is 292 g/mol. The summed E-state index contributed by atoms with van der Waals surface area (Å²) < 4.78 is 10.4. The van der Waals surface area contributed by atoms with E-state index in [2.05, 4.69) is 10.6 Å². The molecule has 0 atom stereocenters. The first-order chi connectivity index (χ1) is 10.2. The molecule has 0 bridgehead atoms. The molecule has 0 aliphatic heterocycles. The standard InChI is InChI=1S/C16H24N2O3/c1-20-13-8-9-15(21-2)14(10-13)18-16(19)11-17-12-6-4-3-5-7-12/h8-10,12,17H,3-7,11H2,1-2H3,(H,18,19). The zero-order valence-electron chi connectivity index (χ0n) is 12.8. The van der Waals surface area contributed by atoms with Gasteiger partial charge in [-0.25, -0.2) is 0 Å². The normalized spacial score (nSPS) is 15.5. The third-order valence-electron chi connectivity index (χ3n) is 3.84. The molecular weight excluding hydrogens is 268 g/mol. The van der Waals surface area contributed by atoms with E-state index >= 15 is 0 Å². The molecule has 1 aromatic rings. The van der Waals surface area contributed by atoms with Gasteiger partial charge in [-0.3, -0.25) is 4.79 Å². The Morgan fingerprint density at radius 3 is 2.62 bits per heavy atom. The number of anilines is 1. The molecule has 1 aromatic carbocycles. The van der Waals surface area contributed by atoms with Crippen molar-refractivity contribution in [3.05, 3.63) is 18.2 Å². The van der Waals surface area contributed by atoms with Crippen molar-refractivity contribution in [2.75, 3.05) is 26.1 Å². The Bertz CT molecular complexity index is 471. The summed E-state index contributed by atoms with van der Waals surface area (Å²) in [5.74, 6) is 1.25. The highest BCUT2D eigenvalue weighted by atomic mass is 16.5. The summed E-state index contributed by atoms with van der Waals surface area (Å²) in [5.41, 5.74) is 0.632.